The smallest absolute Gasteiger partial charge is 0.123 e. The Kier molecular flexibility index (Phi) is 5.65. The van der Waals surface area contributed by atoms with Crippen LogP contribution in [-0.2, 0) is 6.42 Å². The third-order valence-electron chi connectivity index (χ3n) is 4.22. The average Bonchev–Trinajstić information content (AvgIpc) is 2.43. The predicted molar refractivity (Wildman–Crippen MR) is 79.2 cm³/mol. The minimum absolute atomic E-state index is 0.202. The molecular weight excluding hydrogens is 261 g/mol. The van der Waals surface area contributed by atoms with E-state index in [1.165, 1.54) is 44.6 Å². The van der Waals surface area contributed by atoms with Crippen LogP contribution in [0.4, 0.5) is 4.39 Å². The minimum atomic E-state index is -0.202. The zero-order chi connectivity index (χ0) is 13.7. The molecule has 1 saturated carbocycles. The molecule has 0 aromatic heterocycles. The van der Waals surface area contributed by atoms with Crippen LogP contribution < -0.4 is 5.32 Å². The fourth-order valence-corrected chi connectivity index (χ4v) is 3.29. The normalized spacial score (nSPS) is 18.5. The fraction of sp³-hybridized carbons (Fsp3) is 0.625. The lowest BCUT2D eigenvalue weighted by Crippen LogP contribution is -2.30. The number of likely N-dealkylation sites (N-methyl/N-ethyl adjacent to an activating group) is 1. The highest BCUT2D eigenvalue weighted by molar-refractivity contribution is 6.31. The lowest BCUT2D eigenvalue weighted by molar-refractivity contribution is 0.302. The van der Waals surface area contributed by atoms with Crippen LogP contribution in [0.1, 0.15) is 44.1 Å². The van der Waals surface area contributed by atoms with Gasteiger partial charge in [0.2, 0.25) is 0 Å². The van der Waals surface area contributed by atoms with Gasteiger partial charge in [-0.05, 0) is 49.6 Å². The molecule has 1 aromatic rings. The molecule has 0 amide bonds. The van der Waals surface area contributed by atoms with Crippen LogP contribution in [0.5, 0.6) is 0 Å². The van der Waals surface area contributed by atoms with E-state index in [1.54, 1.807) is 12.1 Å². The number of benzene rings is 1. The molecule has 0 spiro atoms. The molecule has 1 nitrogen and oxygen atoms in total. The van der Waals surface area contributed by atoms with Crippen LogP contribution in [0, 0.1) is 11.7 Å². The second-order valence-electron chi connectivity index (χ2n) is 5.67. The van der Waals surface area contributed by atoms with Crippen molar-refractivity contribution in [3.8, 4) is 0 Å². The maximum atomic E-state index is 13.3. The Balaban J connectivity index is 1.95. The van der Waals surface area contributed by atoms with Crippen molar-refractivity contribution >= 4 is 11.6 Å². The minimum Gasteiger partial charge on any atom is -0.317 e. The molecule has 3 heteroatoms. The van der Waals surface area contributed by atoms with E-state index < -0.39 is 0 Å². The Labute approximate surface area is 120 Å². The second kappa shape index (κ2) is 7.25. The Morgan fingerprint density at radius 3 is 2.74 bits per heavy atom. The van der Waals surface area contributed by atoms with Crippen LogP contribution in [0.3, 0.4) is 0 Å². The van der Waals surface area contributed by atoms with Crippen molar-refractivity contribution in [2.45, 2.75) is 51.0 Å². The van der Waals surface area contributed by atoms with Gasteiger partial charge in [0.25, 0.3) is 0 Å². The molecule has 0 saturated heterocycles. The van der Waals surface area contributed by atoms with E-state index in [0.717, 1.165) is 17.9 Å². The summed E-state index contributed by atoms with van der Waals surface area (Å²) >= 11 is 6.15. The van der Waals surface area contributed by atoms with Crippen molar-refractivity contribution in [1.82, 2.24) is 5.32 Å². The molecule has 19 heavy (non-hydrogen) atoms. The molecule has 2 rings (SSSR count). The summed E-state index contributed by atoms with van der Waals surface area (Å²) in [5, 5.41) is 4.03. The first-order chi connectivity index (χ1) is 9.19. The molecule has 0 bridgehead atoms. The predicted octanol–water partition coefficient (Wildman–Crippen LogP) is 4.58. The molecule has 1 N–H and O–H groups in total. The number of nitrogens with one attached hydrogen (secondary N) is 1. The lowest BCUT2D eigenvalue weighted by Gasteiger charge is -2.26. The molecule has 106 valence electrons. The molecule has 0 radical (unpaired) electrons. The van der Waals surface area contributed by atoms with Crippen molar-refractivity contribution in [3.63, 3.8) is 0 Å². The Hall–Kier alpha value is -0.600. The van der Waals surface area contributed by atoms with Crippen LogP contribution in [0.15, 0.2) is 18.2 Å². The van der Waals surface area contributed by atoms with E-state index >= 15 is 0 Å². The highest BCUT2D eigenvalue weighted by atomic mass is 35.5. The van der Waals surface area contributed by atoms with Crippen molar-refractivity contribution < 1.29 is 4.39 Å². The maximum absolute atomic E-state index is 13.3. The van der Waals surface area contributed by atoms with Gasteiger partial charge in [-0.2, -0.15) is 0 Å². The van der Waals surface area contributed by atoms with Gasteiger partial charge in [-0.3, -0.25) is 0 Å². The summed E-state index contributed by atoms with van der Waals surface area (Å²) in [7, 11) is 1.99. The number of halogens is 2. The summed E-state index contributed by atoms with van der Waals surface area (Å²) in [5.74, 6) is 0.616. The van der Waals surface area contributed by atoms with E-state index in [4.69, 9.17) is 11.6 Å². The van der Waals surface area contributed by atoms with Crippen LogP contribution in [0.25, 0.3) is 0 Å². The Morgan fingerprint density at radius 1 is 1.32 bits per heavy atom. The van der Waals surface area contributed by atoms with E-state index in [-0.39, 0.29) is 5.82 Å². The highest BCUT2D eigenvalue weighted by Crippen LogP contribution is 2.28. The molecule has 1 fully saturated rings. The van der Waals surface area contributed by atoms with Crippen molar-refractivity contribution in [1.29, 1.82) is 0 Å². The molecule has 1 atom stereocenters. The van der Waals surface area contributed by atoms with Crippen molar-refractivity contribution in [2.24, 2.45) is 5.92 Å². The average molecular weight is 284 g/mol. The second-order valence-corrected chi connectivity index (χ2v) is 6.07. The number of hydrogen-bond donors (Lipinski definition) is 1. The van der Waals surface area contributed by atoms with Gasteiger partial charge in [0.1, 0.15) is 5.82 Å². The van der Waals surface area contributed by atoms with Gasteiger partial charge >= 0.3 is 0 Å². The topological polar surface area (TPSA) is 12.0 Å². The van der Waals surface area contributed by atoms with Gasteiger partial charge in [0.15, 0.2) is 0 Å². The van der Waals surface area contributed by atoms with E-state index in [1.807, 2.05) is 7.05 Å². The third-order valence-corrected chi connectivity index (χ3v) is 4.59. The van der Waals surface area contributed by atoms with E-state index in [9.17, 15) is 4.39 Å². The van der Waals surface area contributed by atoms with Crippen molar-refractivity contribution in [2.75, 3.05) is 7.05 Å². The first kappa shape index (κ1) is 14.8. The summed E-state index contributed by atoms with van der Waals surface area (Å²) < 4.78 is 13.3. The molecular formula is C16H23ClFN. The Bertz CT molecular complexity index is 402. The van der Waals surface area contributed by atoms with E-state index in [2.05, 4.69) is 5.32 Å². The highest BCUT2D eigenvalue weighted by Gasteiger charge is 2.19. The van der Waals surface area contributed by atoms with Gasteiger partial charge in [0, 0.05) is 11.1 Å². The van der Waals surface area contributed by atoms with Crippen LogP contribution >= 0.6 is 11.6 Å². The monoisotopic (exact) mass is 283 g/mol. The molecule has 1 aliphatic carbocycles. The van der Waals surface area contributed by atoms with Gasteiger partial charge < -0.3 is 5.32 Å². The zero-order valence-electron chi connectivity index (χ0n) is 11.6. The lowest BCUT2D eigenvalue weighted by atomic mass is 9.83. The fourth-order valence-electron chi connectivity index (χ4n) is 3.09. The van der Waals surface area contributed by atoms with Crippen LogP contribution in [0.2, 0.25) is 5.02 Å². The first-order valence-corrected chi connectivity index (χ1v) is 7.68. The first-order valence-electron chi connectivity index (χ1n) is 7.30. The largest absolute Gasteiger partial charge is 0.317 e. The summed E-state index contributed by atoms with van der Waals surface area (Å²) in [5.41, 5.74) is 0.914. The molecule has 0 aliphatic heterocycles. The molecule has 0 heterocycles. The van der Waals surface area contributed by atoms with Crippen LogP contribution in [-0.4, -0.2) is 13.1 Å². The molecule has 1 unspecified atom stereocenters. The summed E-state index contributed by atoms with van der Waals surface area (Å²) in [6.45, 7) is 0. The van der Waals surface area contributed by atoms with Gasteiger partial charge in [-0.25, -0.2) is 4.39 Å². The van der Waals surface area contributed by atoms with Crippen molar-refractivity contribution in [3.05, 3.63) is 34.6 Å². The van der Waals surface area contributed by atoms with Gasteiger partial charge in [-0.15, -0.1) is 0 Å². The SMILES string of the molecule is CNC(Cc1cc(F)ccc1Cl)CC1CCCCC1. The van der Waals surface area contributed by atoms with Gasteiger partial charge in [-0.1, -0.05) is 43.7 Å². The number of hydrogen-bond acceptors (Lipinski definition) is 1. The summed E-state index contributed by atoms with van der Waals surface area (Å²) in [4.78, 5) is 0. The molecule has 1 aromatic carbocycles. The standard InChI is InChI=1S/C16H23ClFN/c1-19-15(9-12-5-3-2-4-6-12)11-13-10-14(18)7-8-16(13)17/h7-8,10,12,15,19H,2-6,9,11H2,1H3. The zero-order valence-corrected chi connectivity index (χ0v) is 12.3. The van der Waals surface area contributed by atoms with E-state index in [0.29, 0.717) is 11.1 Å². The summed E-state index contributed by atoms with van der Waals surface area (Å²) in [6, 6.07) is 5.02. The molecule has 1 aliphatic rings. The van der Waals surface area contributed by atoms with Gasteiger partial charge in [0.05, 0.1) is 0 Å². The summed E-state index contributed by atoms with van der Waals surface area (Å²) in [6.07, 6.45) is 8.77. The third kappa shape index (κ3) is 4.47. The number of rotatable bonds is 5. The quantitative estimate of drug-likeness (QED) is 0.834. The maximum Gasteiger partial charge on any atom is 0.123 e. The Morgan fingerprint density at radius 2 is 2.05 bits per heavy atom.